The Morgan fingerprint density at radius 2 is 0.772 bits per heavy atom. The summed E-state index contributed by atoms with van der Waals surface area (Å²) < 4.78 is 0. The van der Waals surface area contributed by atoms with Crippen molar-refractivity contribution in [3.05, 3.63) is 308 Å². The van der Waals surface area contributed by atoms with Gasteiger partial charge in [0.25, 0.3) is 5.69 Å². The van der Waals surface area contributed by atoms with Gasteiger partial charge in [0.15, 0.2) is 0 Å². The molecule has 3 fully saturated rings. The van der Waals surface area contributed by atoms with E-state index in [4.69, 9.17) is 0 Å². The van der Waals surface area contributed by atoms with E-state index in [-0.39, 0.29) is 36.2 Å². The Labute approximate surface area is 600 Å². The highest BCUT2D eigenvalue weighted by Crippen LogP contribution is 2.41. The van der Waals surface area contributed by atoms with Gasteiger partial charge in [0.05, 0.1) is 4.92 Å². The van der Waals surface area contributed by atoms with Gasteiger partial charge in [0.2, 0.25) is 0 Å². The highest BCUT2D eigenvalue weighted by Gasteiger charge is 2.24. The zero-order valence-electron chi connectivity index (χ0n) is 60.0. The standard InChI is InChI=1S/C30H35N3O3.C30H35NO.C29H34N2O2/c1-23(2)31-18-20-32(21-19-31)27-14-10-25(11-15-27)30(26-12-16-28(17-13-26)33(35)36)29(9-6-22-34)24-7-4-3-5-8-24;1-23-10-12-27(13-11-23)30(29(9-6-22-32)26-7-4-3-5-8-26)28-16-14-24(15-17-28)25-18-20-31(2)21-19-25;1-2-30-18-20-31(21-19-30)26-14-10-24(11-15-26)29(25-12-16-27(33)17-13-25)28(9-6-22-32)23-7-4-3-5-8-23/h3-5,7-8,10-17,23,34H,6,9,18-22H2,1-2H3;3-5,7-8,10-17,25,32H,6,9,18-22H2,1-2H3;3-5,7-8,10-17,32-33H,2,6,9,18-22H2,1H3/b30-29+;30-29-;29-28+. The first-order chi connectivity index (χ1) is 49.3. The van der Waals surface area contributed by atoms with Crippen LogP contribution in [-0.4, -0.2) is 145 Å². The second-order valence-corrected chi connectivity index (χ2v) is 27.2. The molecule has 3 saturated heterocycles. The first-order valence-electron chi connectivity index (χ1n) is 36.6. The maximum absolute atomic E-state index is 11.3. The number of nitro benzene ring substituents is 1. The minimum Gasteiger partial charge on any atom is -0.508 e. The number of allylic oxidation sites excluding steroid dienone is 3. The molecular weight excluding hydrogens is 1250 g/mol. The lowest BCUT2D eigenvalue weighted by Crippen LogP contribution is -2.48. The van der Waals surface area contributed by atoms with Gasteiger partial charge in [-0.1, -0.05) is 188 Å². The number of likely N-dealkylation sites (N-methyl/N-ethyl adjacent to an activating group) is 1. The normalized spacial score (nSPS) is 15.5. The highest BCUT2D eigenvalue weighted by atomic mass is 16.6. The van der Waals surface area contributed by atoms with Crippen molar-refractivity contribution in [2.45, 2.75) is 91.0 Å². The van der Waals surface area contributed by atoms with E-state index in [1.807, 2.05) is 48.5 Å². The van der Waals surface area contributed by atoms with E-state index in [1.54, 1.807) is 24.3 Å². The summed E-state index contributed by atoms with van der Waals surface area (Å²) in [4.78, 5) is 23.2. The van der Waals surface area contributed by atoms with E-state index in [9.17, 15) is 30.5 Å². The number of non-ortho nitro benzene ring substituents is 1. The topological polar surface area (TPSA) is 140 Å². The Bertz CT molecular complexity index is 4060. The van der Waals surface area contributed by atoms with Crippen molar-refractivity contribution in [2.75, 3.05) is 109 Å². The van der Waals surface area contributed by atoms with Crippen LogP contribution in [0.4, 0.5) is 17.1 Å². The van der Waals surface area contributed by atoms with Crippen molar-refractivity contribution < 1.29 is 25.3 Å². The number of phenolic OH excluding ortho intramolecular Hbond substituents is 1. The minimum atomic E-state index is -0.370. The number of piperazine rings is 2. The molecule has 9 aromatic carbocycles. The molecule has 12 heteroatoms. The molecule has 0 atom stereocenters. The van der Waals surface area contributed by atoms with Crippen molar-refractivity contribution >= 4 is 50.5 Å². The van der Waals surface area contributed by atoms with Crippen LogP contribution in [0.25, 0.3) is 33.4 Å². The van der Waals surface area contributed by atoms with Gasteiger partial charge in [0.1, 0.15) is 5.75 Å². The highest BCUT2D eigenvalue weighted by molar-refractivity contribution is 6.01. The summed E-state index contributed by atoms with van der Waals surface area (Å²) in [6.45, 7) is 21.3. The molecule has 0 spiro atoms. The molecular formula is C89H104N6O6. The number of rotatable bonds is 24. The van der Waals surface area contributed by atoms with Gasteiger partial charge >= 0.3 is 0 Å². The Morgan fingerprint density at radius 1 is 0.436 bits per heavy atom. The van der Waals surface area contributed by atoms with Crippen LogP contribution in [0, 0.1) is 17.0 Å². The third-order valence-electron chi connectivity index (χ3n) is 20.2. The number of aryl methyl sites for hydroxylation is 1. The van der Waals surface area contributed by atoms with E-state index >= 15 is 0 Å². The molecule has 3 aliphatic rings. The first-order valence-corrected chi connectivity index (χ1v) is 36.6. The fourth-order valence-corrected chi connectivity index (χ4v) is 14.3. The summed E-state index contributed by atoms with van der Waals surface area (Å²) >= 11 is 0. The zero-order valence-corrected chi connectivity index (χ0v) is 60.0. The summed E-state index contributed by atoms with van der Waals surface area (Å²) in [5.74, 6) is 0.923. The Morgan fingerprint density at radius 3 is 1.12 bits per heavy atom. The molecule has 0 bridgehead atoms. The van der Waals surface area contributed by atoms with Gasteiger partial charge in [-0.25, -0.2) is 0 Å². The molecule has 0 saturated carbocycles. The average molecular weight is 1350 g/mol. The minimum absolute atomic E-state index is 0.0746. The number of benzene rings is 9. The van der Waals surface area contributed by atoms with E-state index in [0.717, 1.165) is 128 Å². The van der Waals surface area contributed by atoms with Gasteiger partial charge in [-0.15, -0.1) is 0 Å². The van der Waals surface area contributed by atoms with Crippen molar-refractivity contribution in [3.8, 4) is 5.75 Å². The number of anilines is 2. The Hall–Kier alpha value is -9.24. The summed E-state index contributed by atoms with van der Waals surface area (Å²) in [6.07, 6.45) is 6.89. The summed E-state index contributed by atoms with van der Waals surface area (Å²) in [5, 5.41) is 49.9. The van der Waals surface area contributed by atoms with E-state index in [2.05, 4.69) is 223 Å². The number of aliphatic hydroxyl groups is 3. The smallest absolute Gasteiger partial charge is 0.269 e. The number of likely N-dealkylation sites (tertiary alicyclic amines) is 1. The van der Waals surface area contributed by atoms with Crippen molar-refractivity contribution in [2.24, 2.45) is 0 Å². The van der Waals surface area contributed by atoms with E-state index < -0.39 is 0 Å². The molecule has 0 radical (unpaired) electrons. The molecule has 12 rings (SSSR count). The molecule has 3 aliphatic heterocycles. The zero-order chi connectivity index (χ0) is 70.9. The van der Waals surface area contributed by atoms with Crippen LogP contribution in [0.15, 0.2) is 237 Å². The number of hydrogen-bond donors (Lipinski definition) is 4. The van der Waals surface area contributed by atoms with Gasteiger partial charge in [-0.2, -0.15) is 0 Å². The molecule has 0 aliphatic carbocycles. The number of aromatic hydroxyl groups is 1. The monoisotopic (exact) mass is 1350 g/mol. The molecule has 0 aromatic heterocycles. The molecule has 12 nitrogen and oxygen atoms in total. The molecule has 4 N–H and O–H groups in total. The van der Waals surface area contributed by atoms with Crippen molar-refractivity contribution in [1.29, 1.82) is 0 Å². The number of aliphatic hydroxyl groups excluding tert-OH is 3. The molecule has 0 amide bonds. The maximum atomic E-state index is 11.3. The van der Waals surface area contributed by atoms with Gasteiger partial charge < -0.3 is 40.0 Å². The molecule has 9 aromatic rings. The molecule has 0 unspecified atom stereocenters. The van der Waals surface area contributed by atoms with Crippen LogP contribution in [0.2, 0.25) is 0 Å². The average Bonchev–Trinajstić information content (AvgIpc) is 0.807. The molecule has 3 heterocycles. The Kier molecular flexibility index (Phi) is 28.0. The molecule has 526 valence electrons. The third-order valence-corrected chi connectivity index (χ3v) is 20.2. The Balaban J connectivity index is 0.000000164. The largest absolute Gasteiger partial charge is 0.508 e. The predicted molar refractivity (Wildman–Crippen MR) is 420 cm³/mol. The summed E-state index contributed by atoms with van der Waals surface area (Å²) in [7, 11) is 2.22. The van der Waals surface area contributed by atoms with E-state index in [0.29, 0.717) is 31.2 Å². The van der Waals surface area contributed by atoms with Crippen LogP contribution in [0.5, 0.6) is 5.75 Å². The first kappa shape index (κ1) is 74.5. The lowest BCUT2D eigenvalue weighted by molar-refractivity contribution is -0.384. The van der Waals surface area contributed by atoms with Crippen LogP contribution < -0.4 is 9.80 Å². The van der Waals surface area contributed by atoms with Crippen molar-refractivity contribution in [1.82, 2.24) is 14.7 Å². The number of piperidine rings is 1. The van der Waals surface area contributed by atoms with Gasteiger partial charge in [-0.3, -0.25) is 15.0 Å². The van der Waals surface area contributed by atoms with E-state index in [1.165, 1.54) is 81.8 Å². The van der Waals surface area contributed by atoms with Crippen molar-refractivity contribution in [3.63, 3.8) is 0 Å². The quantitative estimate of drug-likeness (QED) is 0.0261. The van der Waals surface area contributed by atoms with Crippen LogP contribution in [0.3, 0.4) is 0 Å². The number of hydrogen-bond acceptors (Lipinski definition) is 11. The second-order valence-electron chi connectivity index (χ2n) is 27.2. The van der Waals surface area contributed by atoms with Crippen LogP contribution in [-0.2, 0) is 0 Å². The number of nitrogens with zero attached hydrogens (tertiary/aromatic N) is 6. The number of nitro groups is 1. The third kappa shape index (κ3) is 20.5. The SMILES string of the molecule is CC(C)N1CCN(c2ccc(/C(=C(/CCCO)c3ccccc3)c3ccc([N+](=O)[O-])cc3)cc2)CC1.CCN1CCN(c2ccc(/C(=C(/CCCO)c3ccccc3)c3ccc(O)cc3)cc2)CC1.Cc1ccc(/C(=C(\CCCO)c2ccccc2)c2ccc(C3CCN(C)CC3)cc2)cc1. The van der Waals surface area contributed by atoms with Crippen LogP contribution in [0.1, 0.15) is 139 Å². The van der Waals surface area contributed by atoms with Gasteiger partial charge in [-0.05, 0) is 242 Å². The fraction of sp³-hybridized carbons (Fsp3) is 0.326. The summed E-state index contributed by atoms with van der Waals surface area (Å²) in [5.41, 5.74) is 22.5. The fourth-order valence-electron chi connectivity index (χ4n) is 14.3. The molecule has 101 heavy (non-hydrogen) atoms. The van der Waals surface area contributed by atoms with Gasteiger partial charge in [0, 0.05) is 102 Å². The second kappa shape index (κ2) is 38.0. The number of phenols is 1. The van der Waals surface area contributed by atoms with Crippen LogP contribution >= 0.6 is 0 Å². The maximum Gasteiger partial charge on any atom is 0.269 e. The lowest BCUT2D eigenvalue weighted by atomic mass is 9.85. The predicted octanol–water partition coefficient (Wildman–Crippen LogP) is 17.7. The lowest BCUT2D eigenvalue weighted by Gasteiger charge is -2.38. The summed E-state index contributed by atoms with van der Waals surface area (Å²) in [6, 6.07) is 81.7.